The summed E-state index contributed by atoms with van der Waals surface area (Å²) in [6, 6.07) is 10.4. The zero-order chi connectivity index (χ0) is 17.7. The summed E-state index contributed by atoms with van der Waals surface area (Å²) < 4.78 is 38.7. The van der Waals surface area contributed by atoms with Crippen LogP contribution in [0.3, 0.4) is 0 Å². The Morgan fingerprint density at radius 3 is 2.17 bits per heavy atom. The first kappa shape index (κ1) is 16.9. The number of sulfone groups is 1. The Hall–Kier alpha value is -1.96. The lowest BCUT2D eigenvalue weighted by molar-refractivity contribution is -0.139. The van der Waals surface area contributed by atoms with Crippen molar-refractivity contribution in [2.24, 2.45) is 5.73 Å². The van der Waals surface area contributed by atoms with E-state index in [4.69, 9.17) is 17.3 Å². The highest BCUT2D eigenvalue weighted by molar-refractivity contribution is 7.92. The fourth-order valence-electron chi connectivity index (χ4n) is 2.96. The summed E-state index contributed by atoms with van der Waals surface area (Å²) in [7, 11) is -4.00. The number of rotatable bonds is 4. The van der Waals surface area contributed by atoms with Gasteiger partial charge >= 0.3 is 5.97 Å². The largest absolute Gasteiger partial charge is 0.480 e. The molecule has 3 rings (SSSR count). The molecule has 5 nitrogen and oxygen atoms in total. The molecule has 0 aliphatic heterocycles. The summed E-state index contributed by atoms with van der Waals surface area (Å²) >= 11 is 5.75. The number of benzene rings is 2. The van der Waals surface area contributed by atoms with Crippen LogP contribution >= 0.6 is 11.6 Å². The van der Waals surface area contributed by atoms with Gasteiger partial charge in [-0.3, -0.25) is 4.79 Å². The van der Waals surface area contributed by atoms with Crippen LogP contribution < -0.4 is 5.73 Å². The Morgan fingerprint density at radius 2 is 1.67 bits per heavy atom. The highest BCUT2D eigenvalue weighted by Crippen LogP contribution is 2.55. The molecule has 8 heteroatoms. The Bertz CT molecular complexity index is 899. The minimum atomic E-state index is -4.00. The van der Waals surface area contributed by atoms with Crippen LogP contribution in [-0.4, -0.2) is 30.3 Å². The fraction of sp³-hybridized carbons (Fsp3) is 0.188. The van der Waals surface area contributed by atoms with Crippen molar-refractivity contribution in [1.82, 2.24) is 0 Å². The molecular weight excluding hydrogens is 357 g/mol. The highest BCUT2D eigenvalue weighted by Gasteiger charge is 2.74. The normalized spacial score (nSPS) is 26.1. The molecule has 0 heterocycles. The van der Waals surface area contributed by atoms with Gasteiger partial charge in [-0.1, -0.05) is 23.7 Å². The van der Waals surface area contributed by atoms with Gasteiger partial charge in [0.1, 0.15) is 16.6 Å². The van der Waals surface area contributed by atoms with E-state index in [0.29, 0.717) is 10.6 Å². The number of carbonyl (C=O) groups is 1. The Balaban J connectivity index is 2.06. The first-order valence-electron chi connectivity index (χ1n) is 6.96. The second-order valence-corrected chi connectivity index (χ2v) is 8.19. The molecule has 3 N–H and O–H groups in total. The quantitative estimate of drug-likeness (QED) is 0.861. The lowest BCUT2D eigenvalue weighted by atomic mass is 10.1. The van der Waals surface area contributed by atoms with Crippen LogP contribution in [0.1, 0.15) is 11.5 Å². The van der Waals surface area contributed by atoms with Crippen molar-refractivity contribution in [3.63, 3.8) is 0 Å². The SMILES string of the molecule is N[C@@]1(C(=O)O)[C@H](S(=O)(=O)c2ccc(Cl)cc2)[C@@H]1c1ccc(F)cc1. The van der Waals surface area contributed by atoms with Crippen molar-refractivity contribution in [1.29, 1.82) is 0 Å². The minimum Gasteiger partial charge on any atom is -0.480 e. The summed E-state index contributed by atoms with van der Waals surface area (Å²) in [4.78, 5) is 11.5. The number of aliphatic carboxylic acids is 1. The van der Waals surface area contributed by atoms with Gasteiger partial charge in [-0.25, -0.2) is 12.8 Å². The van der Waals surface area contributed by atoms with E-state index in [-0.39, 0.29) is 4.90 Å². The average molecular weight is 370 g/mol. The lowest BCUT2D eigenvalue weighted by Crippen LogP contribution is -2.39. The molecule has 0 spiro atoms. The standard InChI is InChI=1S/C16H13ClFNO4S/c17-10-3-7-12(8-4-10)24(22,23)14-13(16(14,19)15(20)21)9-1-5-11(18)6-2-9/h1-8,13-14H,19H2,(H,20,21)/t13-,14+,16+/m0/s1. The summed E-state index contributed by atoms with van der Waals surface area (Å²) in [6.45, 7) is 0. The van der Waals surface area contributed by atoms with Crippen LogP contribution in [0, 0.1) is 5.82 Å². The molecule has 2 aromatic carbocycles. The smallest absolute Gasteiger partial charge is 0.325 e. The van der Waals surface area contributed by atoms with Gasteiger partial charge in [0.05, 0.1) is 4.90 Å². The predicted molar refractivity (Wildman–Crippen MR) is 86.1 cm³/mol. The Morgan fingerprint density at radius 1 is 1.12 bits per heavy atom. The average Bonchev–Trinajstić information content (AvgIpc) is 3.17. The summed E-state index contributed by atoms with van der Waals surface area (Å²) in [5.41, 5.74) is 4.31. The molecule has 24 heavy (non-hydrogen) atoms. The third kappa shape index (κ3) is 2.49. The van der Waals surface area contributed by atoms with E-state index in [0.717, 1.165) is 12.1 Å². The summed E-state index contributed by atoms with van der Waals surface area (Å²) in [6.07, 6.45) is 0. The van der Waals surface area contributed by atoms with Crippen LogP contribution in [0.4, 0.5) is 4.39 Å². The number of carboxylic acids is 1. The van der Waals surface area contributed by atoms with E-state index in [1.165, 1.54) is 36.4 Å². The van der Waals surface area contributed by atoms with Gasteiger partial charge < -0.3 is 10.8 Å². The molecular formula is C16H13ClFNO4S. The van der Waals surface area contributed by atoms with Crippen molar-refractivity contribution in [3.05, 3.63) is 64.9 Å². The number of halogens is 2. The molecule has 1 aliphatic carbocycles. The monoisotopic (exact) mass is 369 g/mol. The molecule has 3 atom stereocenters. The number of nitrogens with two attached hydrogens (primary N) is 1. The third-order valence-electron chi connectivity index (χ3n) is 4.26. The van der Waals surface area contributed by atoms with Crippen LogP contribution in [0.15, 0.2) is 53.4 Å². The molecule has 0 saturated heterocycles. The second-order valence-electron chi connectivity index (χ2n) is 5.69. The molecule has 0 radical (unpaired) electrons. The maximum Gasteiger partial charge on any atom is 0.325 e. The van der Waals surface area contributed by atoms with Gasteiger partial charge in [0.15, 0.2) is 9.84 Å². The number of hydrogen-bond donors (Lipinski definition) is 2. The van der Waals surface area contributed by atoms with Gasteiger partial charge in [-0.2, -0.15) is 0 Å². The third-order valence-corrected chi connectivity index (χ3v) is 6.77. The molecule has 1 fully saturated rings. The van der Waals surface area contributed by atoms with E-state index in [1.807, 2.05) is 0 Å². The van der Waals surface area contributed by atoms with Crippen molar-refractivity contribution in [2.75, 3.05) is 0 Å². The first-order valence-corrected chi connectivity index (χ1v) is 8.88. The maximum absolute atomic E-state index is 13.1. The zero-order valence-corrected chi connectivity index (χ0v) is 13.8. The molecule has 126 valence electrons. The van der Waals surface area contributed by atoms with Gasteiger partial charge in [-0.15, -0.1) is 0 Å². The van der Waals surface area contributed by atoms with Gasteiger partial charge in [0.25, 0.3) is 0 Å². The van der Waals surface area contributed by atoms with Crippen LogP contribution in [-0.2, 0) is 14.6 Å². The van der Waals surface area contributed by atoms with Crippen molar-refractivity contribution >= 4 is 27.4 Å². The fourth-order valence-corrected chi connectivity index (χ4v) is 5.31. The van der Waals surface area contributed by atoms with E-state index >= 15 is 0 Å². The van der Waals surface area contributed by atoms with E-state index < -0.39 is 38.3 Å². The van der Waals surface area contributed by atoms with E-state index in [9.17, 15) is 22.7 Å². The molecule has 2 aromatic rings. The van der Waals surface area contributed by atoms with Gasteiger partial charge in [0, 0.05) is 10.9 Å². The van der Waals surface area contributed by atoms with Crippen molar-refractivity contribution in [3.8, 4) is 0 Å². The maximum atomic E-state index is 13.1. The zero-order valence-electron chi connectivity index (χ0n) is 12.2. The first-order chi connectivity index (χ1) is 11.2. The van der Waals surface area contributed by atoms with Crippen LogP contribution in [0.5, 0.6) is 0 Å². The second kappa shape index (κ2) is 5.54. The van der Waals surface area contributed by atoms with Crippen LogP contribution in [0.2, 0.25) is 5.02 Å². The Labute approximate surface area is 142 Å². The van der Waals surface area contributed by atoms with E-state index in [1.54, 1.807) is 0 Å². The molecule has 0 unspecified atom stereocenters. The van der Waals surface area contributed by atoms with Crippen LogP contribution in [0.25, 0.3) is 0 Å². The Kier molecular flexibility index (Phi) is 3.90. The predicted octanol–water partition coefficient (Wildman–Crippen LogP) is 2.20. The molecule has 0 bridgehead atoms. The molecule has 0 aromatic heterocycles. The summed E-state index contributed by atoms with van der Waals surface area (Å²) in [5.74, 6) is -2.88. The number of carboxylic acid groups (broad SMARTS) is 1. The lowest BCUT2D eigenvalue weighted by Gasteiger charge is -2.06. The van der Waals surface area contributed by atoms with Gasteiger partial charge in [0.2, 0.25) is 0 Å². The summed E-state index contributed by atoms with van der Waals surface area (Å²) in [5, 5.41) is 8.46. The van der Waals surface area contributed by atoms with Crippen molar-refractivity contribution in [2.45, 2.75) is 21.6 Å². The van der Waals surface area contributed by atoms with E-state index in [2.05, 4.69) is 0 Å². The highest BCUT2D eigenvalue weighted by atomic mass is 35.5. The van der Waals surface area contributed by atoms with Gasteiger partial charge in [-0.05, 0) is 42.0 Å². The molecule has 1 aliphatic rings. The topological polar surface area (TPSA) is 97.5 Å². The van der Waals surface area contributed by atoms with Crippen molar-refractivity contribution < 1.29 is 22.7 Å². The molecule has 0 amide bonds. The number of hydrogen-bond acceptors (Lipinski definition) is 4. The molecule has 1 saturated carbocycles. The minimum absolute atomic E-state index is 0.0578.